The van der Waals surface area contributed by atoms with Crippen LogP contribution in [0.2, 0.25) is 0 Å². The molecule has 2 saturated heterocycles. The van der Waals surface area contributed by atoms with Crippen LogP contribution in [0.4, 0.5) is 10.5 Å². The van der Waals surface area contributed by atoms with Crippen LogP contribution in [0.15, 0.2) is 30.3 Å². The number of benzene rings is 1. The number of piperidine rings is 1. The van der Waals surface area contributed by atoms with Gasteiger partial charge in [0.2, 0.25) is 5.91 Å². The number of carbonyl (C=O) groups is 3. The smallest absolute Gasteiger partial charge is 0.340 e. The van der Waals surface area contributed by atoms with Gasteiger partial charge in [-0.15, -0.1) is 0 Å². The largest absolute Gasteiger partial charge is 0.480 e. The Bertz CT molecular complexity index is 753. The normalized spacial score (nSPS) is 21.7. The molecule has 2 fully saturated rings. The Morgan fingerprint density at radius 2 is 1.90 bits per heavy atom. The van der Waals surface area contributed by atoms with Crippen molar-refractivity contribution in [2.24, 2.45) is 5.92 Å². The van der Waals surface area contributed by atoms with E-state index < -0.39 is 17.9 Å². The van der Waals surface area contributed by atoms with Gasteiger partial charge in [-0.1, -0.05) is 18.2 Å². The molecule has 3 N–H and O–H groups in total. The molecule has 0 radical (unpaired) electrons. The minimum Gasteiger partial charge on any atom is -0.480 e. The quantitative estimate of drug-likeness (QED) is 0.592. The highest BCUT2D eigenvalue weighted by atomic mass is 16.4. The first-order chi connectivity index (χ1) is 14.4. The molecule has 1 aromatic carbocycles. The predicted octanol–water partition coefficient (Wildman–Crippen LogP) is 1.47. The van der Waals surface area contributed by atoms with Crippen molar-refractivity contribution in [3.05, 3.63) is 30.3 Å². The summed E-state index contributed by atoms with van der Waals surface area (Å²) >= 11 is 0. The molecule has 3 rings (SSSR count). The number of nitrogens with one attached hydrogen (secondary N) is 2. The van der Waals surface area contributed by atoms with Crippen LogP contribution in [0, 0.1) is 5.92 Å². The second kappa shape index (κ2) is 9.90. The maximum atomic E-state index is 13.3. The standard InChI is InChI=1S/C21H31N5O4/c1-15(27)23-19(20(28)29)14-25-16(2)26(18-6-4-3-5-7-18)21(30)24(25)13-10-17-8-11-22-12-9-17/h3-7,16-17,19,22H,8-14H2,1-2H3,(H,23,27)(H,28,29). The lowest BCUT2D eigenvalue weighted by atomic mass is 9.95. The molecule has 2 atom stereocenters. The van der Waals surface area contributed by atoms with E-state index in [9.17, 15) is 19.5 Å². The molecule has 0 saturated carbocycles. The zero-order valence-electron chi connectivity index (χ0n) is 17.6. The molecule has 9 nitrogen and oxygen atoms in total. The van der Waals surface area contributed by atoms with Crippen molar-refractivity contribution in [2.45, 2.75) is 45.3 Å². The van der Waals surface area contributed by atoms with Gasteiger partial charge in [-0.05, 0) is 57.3 Å². The summed E-state index contributed by atoms with van der Waals surface area (Å²) in [6.45, 7) is 5.67. The van der Waals surface area contributed by atoms with E-state index in [1.165, 1.54) is 6.92 Å². The van der Waals surface area contributed by atoms with Crippen LogP contribution in [-0.2, 0) is 9.59 Å². The van der Waals surface area contributed by atoms with Gasteiger partial charge >= 0.3 is 12.0 Å². The first-order valence-corrected chi connectivity index (χ1v) is 10.5. The topological polar surface area (TPSA) is 105 Å². The van der Waals surface area contributed by atoms with E-state index in [4.69, 9.17) is 0 Å². The number of carboxylic acids is 1. The number of urea groups is 1. The van der Waals surface area contributed by atoms with Crippen LogP contribution >= 0.6 is 0 Å². The lowest BCUT2D eigenvalue weighted by molar-refractivity contribution is -0.143. The zero-order valence-corrected chi connectivity index (χ0v) is 17.6. The van der Waals surface area contributed by atoms with E-state index in [2.05, 4.69) is 10.6 Å². The Kier molecular flexibility index (Phi) is 7.28. The Labute approximate surface area is 177 Å². The minimum absolute atomic E-state index is 0.0113. The van der Waals surface area contributed by atoms with Crippen LogP contribution in [0.5, 0.6) is 0 Å². The summed E-state index contributed by atoms with van der Waals surface area (Å²) in [5.41, 5.74) is 0.760. The Balaban J connectivity index is 1.81. The number of hydrazine groups is 1. The molecule has 0 aromatic heterocycles. The Morgan fingerprint density at radius 1 is 1.23 bits per heavy atom. The summed E-state index contributed by atoms with van der Waals surface area (Å²) in [4.78, 5) is 38.2. The van der Waals surface area contributed by atoms with Gasteiger partial charge in [0.25, 0.3) is 0 Å². The summed E-state index contributed by atoms with van der Waals surface area (Å²) in [6.07, 6.45) is 2.63. The van der Waals surface area contributed by atoms with Crippen molar-refractivity contribution < 1.29 is 19.5 Å². The highest BCUT2D eigenvalue weighted by Crippen LogP contribution is 2.29. The second-order valence-electron chi connectivity index (χ2n) is 7.94. The first kappa shape index (κ1) is 22.0. The van der Waals surface area contributed by atoms with E-state index in [-0.39, 0.29) is 18.7 Å². The van der Waals surface area contributed by atoms with Gasteiger partial charge in [0.1, 0.15) is 12.2 Å². The lowest BCUT2D eigenvalue weighted by Crippen LogP contribution is -2.53. The van der Waals surface area contributed by atoms with E-state index >= 15 is 0 Å². The van der Waals surface area contributed by atoms with Crippen LogP contribution in [0.25, 0.3) is 0 Å². The molecule has 0 bridgehead atoms. The molecule has 1 aromatic rings. The number of para-hydroxylation sites is 1. The number of rotatable bonds is 8. The number of amides is 3. The molecule has 2 aliphatic heterocycles. The zero-order chi connectivity index (χ0) is 21.7. The highest BCUT2D eigenvalue weighted by Gasteiger charge is 2.44. The van der Waals surface area contributed by atoms with E-state index in [0.29, 0.717) is 12.5 Å². The third-order valence-corrected chi connectivity index (χ3v) is 5.83. The van der Waals surface area contributed by atoms with Gasteiger partial charge < -0.3 is 15.7 Å². The third-order valence-electron chi connectivity index (χ3n) is 5.83. The summed E-state index contributed by atoms with van der Waals surface area (Å²) < 4.78 is 0. The van der Waals surface area contributed by atoms with Crippen molar-refractivity contribution in [3.63, 3.8) is 0 Å². The Morgan fingerprint density at radius 3 is 2.50 bits per heavy atom. The highest BCUT2D eigenvalue weighted by molar-refractivity contribution is 5.94. The van der Waals surface area contributed by atoms with E-state index in [1.54, 1.807) is 14.9 Å². The number of carboxylic acid groups (broad SMARTS) is 1. The summed E-state index contributed by atoms with van der Waals surface area (Å²) in [7, 11) is 0. The predicted molar refractivity (Wildman–Crippen MR) is 113 cm³/mol. The lowest BCUT2D eigenvalue weighted by Gasteiger charge is -2.33. The number of nitrogens with zero attached hydrogens (tertiary/aromatic N) is 3. The van der Waals surface area contributed by atoms with Crippen LogP contribution in [0.1, 0.15) is 33.1 Å². The van der Waals surface area contributed by atoms with Gasteiger partial charge in [-0.2, -0.15) is 5.01 Å². The minimum atomic E-state index is -1.12. The molecule has 2 heterocycles. The number of hydrogen-bond donors (Lipinski definition) is 3. The average Bonchev–Trinajstić information content (AvgIpc) is 2.96. The molecule has 0 aliphatic carbocycles. The Hall–Kier alpha value is -2.65. The van der Waals surface area contributed by atoms with E-state index in [0.717, 1.165) is 38.0 Å². The summed E-state index contributed by atoms with van der Waals surface area (Å²) in [5.74, 6) is -1.00. The number of carbonyl (C=O) groups excluding carboxylic acids is 2. The molecule has 3 amide bonds. The molecule has 164 valence electrons. The molecular formula is C21H31N5O4. The monoisotopic (exact) mass is 417 g/mol. The number of hydrogen-bond acceptors (Lipinski definition) is 5. The van der Waals surface area contributed by atoms with Crippen molar-refractivity contribution in [3.8, 4) is 0 Å². The van der Waals surface area contributed by atoms with Crippen LogP contribution in [0.3, 0.4) is 0 Å². The fraction of sp³-hybridized carbons (Fsp3) is 0.571. The first-order valence-electron chi connectivity index (χ1n) is 10.5. The number of aliphatic carboxylic acids is 1. The van der Waals surface area contributed by atoms with Gasteiger partial charge in [0.15, 0.2) is 0 Å². The molecular weight excluding hydrogens is 386 g/mol. The molecule has 2 aliphatic rings. The summed E-state index contributed by atoms with van der Waals surface area (Å²) in [6, 6.07) is 8.09. The van der Waals surface area contributed by atoms with Crippen molar-refractivity contribution in [1.29, 1.82) is 0 Å². The van der Waals surface area contributed by atoms with Gasteiger partial charge in [-0.3, -0.25) is 14.7 Å². The van der Waals surface area contributed by atoms with Gasteiger partial charge in [-0.25, -0.2) is 9.59 Å². The van der Waals surface area contributed by atoms with Crippen LogP contribution < -0.4 is 15.5 Å². The molecule has 9 heteroatoms. The van der Waals surface area contributed by atoms with Crippen LogP contribution in [-0.4, -0.2) is 71.4 Å². The molecule has 2 unspecified atom stereocenters. The van der Waals surface area contributed by atoms with Crippen molar-refractivity contribution in [1.82, 2.24) is 20.7 Å². The number of anilines is 1. The summed E-state index contributed by atoms with van der Waals surface area (Å²) in [5, 5.41) is 18.8. The fourth-order valence-corrected chi connectivity index (χ4v) is 4.21. The van der Waals surface area contributed by atoms with Crippen molar-refractivity contribution >= 4 is 23.6 Å². The van der Waals surface area contributed by atoms with Gasteiger partial charge in [0.05, 0.1) is 6.54 Å². The maximum Gasteiger partial charge on any atom is 0.340 e. The molecule has 0 spiro atoms. The molecule has 30 heavy (non-hydrogen) atoms. The van der Waals surface area contributed by atoms with Crippen molar-refractivity contribution in [2.75, 3.05) is 31.1 Å². The van der Waals surface area contributed by atoms with Gasteiger partial charge in [0, 0.05) is 19.2 Å². The third kappa shape index (κ3) is 5.09. The fourth-order valence-electron chi connectivity index (χ4n) is 4.21. The maximum absolute atomic E-state index is 13.3. The SMILES string of the molecule is CC(=O)NC(CN1C(C)N(c2ccccc2)C(=O)N1CCC1CCNCC1)C(=O)O. The second-order valence-corrected chi connectivity index (χ2v) is 7.94. The van der Waals surface area contributed by atoms with E-state index in [1.807, 2.05) is 37.3 Å². The average molecular weight is 418 g/mol.